The van der Waals surface area contributed by atoms with E-state index in [2.05, 4.69) is 42.5 Å². The molecule has 0 fully saturated rings. The topological polar surface area (TPSA) is 52.6 Å². The molecule has 0 spiro atoms. The summed E-state index contributed by atoms with van der Waals surface area (Å²) in [7, 11) is -1.67. The lowest BCUT2D eigenvalue weighted by Crippen LogP contribution is -2.46. The number of aryl methyl sites for hydroxylation is 1. The van der Waals surface area contributed by atoms with E-state index in [0.29, 0.717) is 18.5 Å². The molecule has 2 atom stereocenters. The molecule has 0 bridgehead atoms. The van der Waals surface area contributed by atoms with Crippen LogP contribution in [0.25, 0.3) is 10.8 Å². The van der Waals surface area contributed by atoms with Gasteiger partial charge in [-0.05, 0) is 61.6 Å². The first kappa shape index (κ1) is 25.4. The number of hydrogen-bond acceptors (Lipinski definition) is 5. The van der Waals surface area contributed by atoms with E-state index < -0.39 is 19.4 Å². The number of fused-ring (bicyclic) bond motifs is 1. The van der Waals surface area contributed by atoms with Crippen molar-refractivity contribution in [3.8, 4) is 0 Å². The number of hydrogen-bond donors (Lipinski definition) is 0. The molecule has 0 aliphatic heterocycles. The summed E-state index contributed by atoms with van der Waals surface area (Å²) >= 11 is 1.56. The standard InChI is InChI=1S/C27H32O4PS/c1-3-30-26(28)27(31-4-2,18-10-13-22-11-6-5-7-12-22)20-32(29)21-33-25-17-16-23-14-8-9-15-24(23)19-25/h5-9,11-12,14-17,19H,3-4,10,13,18,20-21H2,1-2H3/q+1. The van der Waals surface area contributed by atoms with Crippen molar-refractivity contribution in [2.45, 2.75) is 43.6 Å². The highest BCUT2D eigenvalue weighted by atomic mass is 32.2. The smallest absolute Gasteiger partial charge is 0.353 e. The van der Waals surface area contributed by atoms with Crippen LogP contribution >= 0.6 is 19.6 Å². The SMILES string of the molecule is CCOC(=O)C(CCCc1ccccc1)(C[P+](=O)CSc1ccc2ccccc2c1)OCC. The number of benzene rings is 3. The van der Waals surface area contributed by atoms with Gasteiger partial charge in [-0.2, -0.15) is 0 Å². The molecule has 33 heavy (non-hydrogen) atoms. The van der Waals surface area contributed by atoms with Gasteiger partial charge in [-0.25, -0.2) is 4.79 Å². The minimum Gasteiger partial charge on any atom is -0.464 e. The van der Waals surface area contributed by atoms with Crippen molar-refractivity contribution in [3.05, 3.63) is 78.4 Å². The van der Waals surface area contributed by atoms with Crippen molar-refractivity contribution in [1.29, 1.82) is 0 Å². The second-order valence-corrected chi connectivity index (χ2v) is 11.0. The first-order valence-electron chi connectivity index (χ1n) is 11.4. The second-order valence-electron chi connectivity index (χ2n) is 7.91. The molecule has 0 saturated heterocycles. The van der Waals surface area contributed by atoms with E-state index in [4.69, 9.17) is 9.47 Å². The molecule has 4 nitrogen and oxygen atoms in total. The Hall–Kier alpha value is -2.20. The third-order valence-corrected chi connectivity index (χ3v) is 8.60. The van der Waals surface area contributed by atoms with Crippen LogP contribution in [0.2, 0.25) is 0 Å². The molecule has 0 aromatic heterocycles. The zero-order valence-electron chi connectivity index (χ0n) is 19.4. The van der Waals surface area contributed by atoms with Gasteiger partial charge in [0.05, 0.1) is 6.61 Å². The van der Waals surface area contributed by atoms with Crippen molar-refractivity contribution >= 4 is 36.3 Å². The average Bonchev–Trinajstić information content (AvgIpc) is 2.83. The van der Waals surface area contributed by atoms with Gasteiger partial charge in [0.2, 0.25) is 5.60 Å². The number of carbonyl (C=O) groups excluding carboxylic acids is 1. The Balaban J connectivity index is 1.67. The quantitative estimate of drug-likeness (QED) is 0.148. The predicted octanol–water partition coefficient (Wildman–Crippen LogP) is 7.08. The van der Waals surface area contributed by atoms with E-state index in [9.17, 15) is 9.36 Å². The Bertz CT molecular complexity index is 1060. The van der Waals surface area contributed by atoms with Gasteiger partial charge in [-0.1, -0.05) is 77.0 Å². The number of esters is 1. The van der Waals surface area contributed by atoms with Gasteiger partial charge in [-0.3, -0.25) is 0 Å². The van der Waals surface area contributed by atoms with Crippen molar-refractivity contribution in [2.24, 2.45) is 0 Å². The molecule has 0 amide bonds. The molecular formula is C27H32O4PS+. The molecule has 3 aromatic carbocycles. The van der Waals surface area contributed by atoms with Gasteiger partial charge in [0.25, 0.3) is 0 Å². The maximum absolute atomic E-state index is 13.2. The van der Waals surface area contributed by atoms with Crippen LogP contribution in [0.5, 0.6) is 0 Å². The molecule has 2 unspecified atom stereocenters. The maximum atomic E-state index is 13.2. The van der Waals surface area contributed by atoms with Crippen LogP contribution in [0.1, 0.15) is 32.3 Å². The third kappa shape index (κ3) is 7.40. The van der Waals surface area contributed by atoms with E-state index in [1.165, 1.54) is 10.9 Å². The van der Waals surface area contributed by atoms with Gasteiger partial charge in [0.1, 0.15) is 0 Å². The molecule has 0 saturated carbocycles. The number of rotatable bonds is 13. The van der Waals surface area contributed by atoms with Crippen molar-refractivity contribution in [2.75, 3.05) is 24.9 Å². The Kier molecular flexibility index (Phi) is 9.93. The fraction of sp³-hybridized carbons (Fsp3) is 0.370. The summed E-state index contributed by atoms with van der Waals surface area (Å²) in [6.45, 7) is 4.29. The Labute approximate surface area is 201 Å². The van der Waals surface area contributed by atoms with Crippen LogP contribution in [0.4, 0.5) is 0 Å². The molecule has 3 aromatic rings. The highest BCUT2D eigenvalue weighted by Gasteiger charge is 2.47. The van der Waals surface area contributed by atoms with E-state index in [-0.39, 0.29) is 12.8 Å². The Morgan fingerprint density at radius 2 is 1.67 bits per heavy atom. The first-order valence-corrected chi connectivity index (χ1v) is 14.1. The Morgan fingerprint density at radius 1 is 0.939 bits per heavy atom. The van der Waals surface area contributed by atoms with Gasteiger partial charge in [-0.15, -0.1) is 0 Å². The zero-order chi connectivity index (χ0) is 23.5. The normalized spacial score (nSPS) is 13.5. The summed E-state index contributed by atoms with van der Waals surface area (Å²) in [6, 6.07) is 24.6. The van der Waals surface area contributed by atoms with Crippen LogP contribution in [0.3, 0.4) is 0 Å². The molecule has 6 heteroatoms. The van der Waals surface area contributed by atoms with Crippen molar-refractivity contribution < 1.29 is 18.8 Å². The minimum atomic E-state index is -1.67. The van der Waals surface area contributed by atoms with Gasteiger partial charge in [0.15, 0.2) is 11.7 Å². The number of carbonyl (C=O) groups is 1. The molecule has 0 radical (unpaired) electrons. The predicted molar refractivity (Wildman–Crippen MR) is 138 cm³/mol. The van der Waals surface area contributed by atoms with Crippen LogP contribution in [-0.4, -0.2) is 36.4 Å². The summed E-state index contributed by atoms with van der Waals surface area (Å²) < 4.78 is 24.5. The summed E-state index contributed by atoms with van der Waals surface area (Å²) in [5.74, 6) is -0.404. The first-order chi connectivity index (χ1) is 16.1. The van der Waals surface area contributed by atoms with Gasteiger partial charge in [0, 0.05) is 11.5 Å². The Morgan fingerprint density at radius 3 is 2.39 bits per heavy atom. The van der Waals surface area contributed by atoms with Crippen LogP contribution in [-0.2, 0) is 25.3 Å². The molecule has 3 rings (SSSR count). The van der Waals surface area contributed by atoms with Crippen molar-refractivity contribution in [1.82, 2.24) is 0 Å². The van der Waals surface area contributed by atoms with E-state index in [1.807, 2.05) is 37.3 Å². The lowest BCUT2D eigenvalue weighted by molar-refractivity contribution is -0.170. The van der Waals surface area contributed by atoms with Gasteiger partial charge >= 0.3 is 13.8 Å². The highest BCUT2D eigenvalue weighted by Crippen LogP contribution is 2.38. The molecule has 0 N–H and O–H groups in total. The van der Waals surface area contributed by atoms with Crippen LogP contribution in [0.15, 0.2) is 77.7 Å². The van der Waals surface area contributed by atoms with E-state index in [0.717, 1.165) is 23.1 Å². The minimum absolute atomic E-state index is 0.171. The lowest BCUT2D eigenvalue weighted by Gasteiger charge is -2.27. The van der Waals surface area contributed by atoms with Gasteiger partial charge < -0.3 is 9.47 Å². The molecule has 174 valence electrons. The van der Waals surface area contributed by atoms with Crippen LogP contribution in [0, 0.1) is 0 Å². The average molecular weight is 484 g/mol. The van der Waals surface area contributed by atoms with Crippen molar-refractivity contribution in [3.63, 3.8) is 0 Å². The van der Waals surface area contributed by atoms with E-state index in [1.54, 1.807) is 18.7 Å². The maximum Gasteiger partial charge on any atom is 0.353 e. The monoisotopic (exact) mass is 483 g/mol. The molecule has 0 aliphatic carbocycles. The number of thioether (sulfide) groups is 1. The molecular weight excluding hydrogens is 451 g/mol. The van der Waals surface area contributed by atoms with Crippen LogP contribution < -0.4 is 0 Å². The summed E-state index contributed by atoms with van der Waals surface area (Å²) in [5.41, 5.74) is 0.473. The third-order valence-electron chi connectivity index (χ3n) is 5.48. The fourth-order valence-corrected chi connectivity index (χ4v) is 6.78. The molecule has 0 heterocycles. The van der Waals surface area contributed by atoms with E-state index >= 15 is 0 Å². The largest absolute Gasteiger partial charge is 0.464 e. The molecule has 0 aliphatic rings. The lowest BCUT2D eigenvalue weighted by atomic mass is 9.96. The fourth-order valence-electron chi connectivity index (χ4n) is 3.92. The number of ether oxygens (including phenoxy) is 2. The highest BCUT2D eigenvalue weighted by molar-refractivity contribution is 8.03. The summed E-state index contributed by atoms with van der Waals surface area (Å²) in [4.78, 5) is 14.0. The summed E-state index contributed by atoms with van der Waals surface area (Å²) in [6.07, 6.45) is 2.24. The second kappa shape index (κ2) is 12.9. The summed E-state index contributed by atoms with van der Waals surface area (Å²) in [5, 5.41) is 2.34. The zero-order valence-corrected chi connectivity index (χ0v) is 21.1.